The lowest BCUT2D eigenvalue weighted by atomic mass is 9.86. The first-order valence-electron chi connectivity index (χ1n) is 11.2. The van der Waals surface area contributed by atoms with Gasteiger partial charge in [0.15, 0.2) is 11.5 Å². The molecular formula is C28H36N2O. The Morgan fingerprint density at radius 3 is 1.58 bits per heavy atom. The van der Waals surface area contributed by atoms with E-state index in [1.54, 1.807) is 0 Å². The molecule has 0 bridgehead atoms. The maximum Gasteiger partial charge on any atom is 0.151 e. The molecule has 164 valence electrons. The van der Waals surface area contributed by atoms with Crippen LogP contribution in [0, 0.1) is 6.92 Å². The van der Waals surface area contributed by atoms with E-state index in [-0.39, 0.29) is 10.8 Å². The minimum Gasteiger partial charge on any atom is -0.453 e. The van der Waals surface area contributed by atoms with Crippen LogP contribution in [0.4, 0.5) is 17.1 Å². The number of pyridine rings is 1. The van der Waals surface area contributed by atoms with Gasteiger partial charge in [0.2, 0.25) is 0 Å². The Bertz CT molecular complexity index is 990. The Morgan fingerprint density at radius 1 is 0.710 bits per heavy atom. The zero-order valence-corrected chi connectivity index (χ0v) is 20.5. The number of ether oxygens (including phenoxy) is 1. The van der Waals surface area contributed by atoms with E-state index in [0.717, 1.165) is 34.3 Å². The molecular weight excluding hydrogens is 380 g/mol. The second kappa shape index (κ2) is 8.37. The third kappa shape index (κ3) is 4.61. The lowest BCUT2D eigenvalue weighted by molar-refractivity contribution is 0.469. The number of aromatic nitrogens is 1. The number of hydrogen-bond donors (Lipinski definition) is 0. The molecule has 0 unspecified atom stereocenters. The number of hydrogen-bond acceptors (Lipinski definition) is 3. The molecule has 0 aliphatic carbocycles. The van der Waals surface area contributed by atoms with Crippen molar-refractivity contribution in [1.82, 2.24) is 4.98 Å². The topological polar surface area (TPSA) is 25.4 Å². The smallest absolute Gasteiger partial charge is 0.151 e. The number of rotatable bonds is 1. The second-order valence-corrected chi connectivity index (χ2v) is 9.96. The van der Waals surface area contributed by atoms with Gasteiger partial charge in [-0.3, -0.25) is 4.98 Å². The van der Waals surface area contributed by atoms with E-state index in [1.807, 2.05) is 27.0 Å². The molecule has 1 aliphatic heterocycles. The molecule has 0 radical (unpaired) electrons. The molecule has 0 fully saturated rings. The fourth-order valence-electron chi connectivity index (χ4n) is 3.61. The average Bonchev–Trinajstić information content (AvgIpc) is 2.72. The normalized spacial score (nSPS) is 12.9. The van der Waals surface area contributed by atoms with Crippen molar-refractivity contribution >= 4 is 17.1 Å². The average molecular weight is 417 g/mol. The molecule has 1 aromatic heterocycles. The maximum atomic E-state index is 6.46. The highest BCUT2D eigenvalue weighted by molar-refractivity contribution is 5.86. The predicted molar refractivity (Wildman–Crippen MR) is 132 cm³/mol. The van der Waals surface area contributed by atoms with Crippen LogP contribution in [-0.2, 0) is 10.8 Å². The van der Waals surface area contributed by atoms with Gasteiger partial charge in [-0.25, -0.2) is 0 Å². The van der Waals surface area contributed by atoms with Gasteiger partial charge in [-0.2, -0.15) is 0 Å². The van der Waals surface area contributed by atoms with Gasteiger partial charge >= 0.3 is 0 Å². The van der Waals surface area contributed by atoms with Crippen LogP contribution in [0.25, 0.3) is 0 Å². The van der Waals surface area contributed by atoms with Gasteiger partial charge in [0, 0.05) is 5.69 Å². The van der Waals surface area contributed by atoms with Crippen LogP contribution in [0.2, 0.25) is 0 Å². The molecule has 4 rings (SSSR count). The summed E-state index contributed by atoms with van der Waals surface area (Å²) in [6, 6.07) is 17.3. The second-order valence-electron chi connectivity index (χ2n) is 9.96. The number of benzene rings is 2. The highest BCUT2D eigenvalue weighted by Crippen LogP contribution is 2.51. The molecule has 3 nitrogen and oxygen atoms in total. The fraction of sp³-hybridized carbons (Fsp3) is 0.393. The third-order valence-electron chi connectivity index (χ3n) is 5.51. The van der Waals surface area contributed by atoms with Gasteiger partial charge in [-0.05, 0) is 65.3 Å². The van der Waals surface area contributed by atoms with Gasteiger partial charge in [-0.15, -0.1) is 0 Å². The number of fused-ring (bicyclic) bond motifs is 2. The summed E-state index contributed by atoms with van der Waals surface area (Å²) in [6.07, 6.45) is 1.93. The molecule has 3 heteroatoms. The van der Waals surface area contributed by atoms with Crippen LogP contribution in [0.5, 0.6) is 11.5 Å². The number of nitrogens with zero attached hydrogens (tertiary/aromatic N) is 2. The van der Waals surface area contributed by atoms with E-state index in [4.69, 9.17) is 4.74 Å². The first-order valence-corrected chi connectivity index (χ1v) is 11.2. The monoisotopic (exact) mass is 416 g/mol. The van der Waals surface area contributed by atoms with E-state index < -0.39 is 0 Å². The van der Waals surface area contributed by atoms with Gasteiger partial charge in [0.1, 0.15) is 0 Å². The minimum atomic E-state index is 0.0577. The van der Waals surface area contributed by atoms with Crippen LogP contribution < -0.4 is 9.64 Å². The fourth-order valence-corrected chi connectivity index (χ4v) is 3.61. The lowest BCUT2D eigenvalue weighted by Crippen LogP contribution is -2.19. The molecule has 0 saturated carbocycles. The Kier molecular flexibility index (Phi) is 6.18. The SMILES string of the molecule is CC.Cc1ccc(N2c3ccc(C(C)(C)C)cc3Oc3cc(C(C)(C)C)ccc32)cn1. The first kappa shape index (κ1) is 22.9. The standard InChI is InChI=1S/C26H30N2O.C2H6/c1-17-8-11-20(16-27-17)28-21-12-9-18(25(2,3)4)14-23(21)29-24-15-19(26(5,6)7)10-13-22(24)28;1-2/h8-16H,1-7H3;1-2H3. The Hall–Kier alpha value is -2.81. The van der Waals surface area contributed by atoms with Gasteiger partial charge in [-0.1, -0.05) is 67.5 Å². The van der Waals surface area contributed by atoms with E-state index in [1.165, 1.54) is 11.1 Å². The van der Waals surface area contributed by atoms with Crippen molar-refractivity contribution in [3.05, 3.63) is 71.5 Å². The lowest BCUT2D eigenvalue weighted by Gasteiger charge is -2.34. The molecule has 0 spiro atoms. The van der Waals surface area contributed by atoms with Gasteiger partial charge in [0.25, 0.3) is 0 Å². The van der Waals surface area contributed by atoms with Crippen LogP contribution >= 0.6 is 0 Å². The predicted octanol–water partition coefficient (Wildman–Crippen LogP) is 8.59. The van der Waals surface area contributed by atoms with Crippen LogP contribution in [0.15, 0.2) is 54.7 Å². The van der Waals surface area contributed by atoms with Crippen LogP contribution in [-0.4, -0.2) is 4.98 Å². The molecule has 1 aliphatic rings. The summed E-state index contributed by atoms with van der Waals surface area (Å²) in [4.78, 5) is 6.78. The summed E-state index contributed by atoms with van der Waals surface area (Å²) in [6.45, 7) is 19.4. The van der Waals surface area contributed by atoms with E-state index in [9.17, 15) is 0 Å². The molecule has 31 heavy (non-hydrogen) atoms. The molecule has 0 amide bonds. The zero-order chi connectivity index (χ0) is 23.0. The Labute approximate surface area is 188 Å². The summed E-state index contributed by atoms with van der Waals surface area (Å²) in [5.41, 5.74) is 6.76. The third-order valence-corrected chi connectivity index (χ3v) is 5.51. The van der Waals surface area contributed by atoms with Crippen molar-refractivity contribution in [2.75, 3.05) is 4.90 Å². The highest BCUT2D eigenvalue weighted by atomic mass is 16.5. The van der Waals surface area contributed by atoms with Crippen LogP contribution in [0.3, 0.4) is 0 Å². The van der Waals surface area contributed by atoms with Crippen molar-refractivity contribution in [3.63, 3.8) is 0 Å². The first-order chi connectivity index (χ1) is 14.5. The molecule has 0 N–H and O–H groups in total. The summed E-state index contributed by atoms with van der Waals surface area (Å²) in [5, 5.41) is 0. The zero-order valence-electron chi connectivity index (χ0n) is 20.5. The maximum absolute atomic E-state index is 6.46. The number of aryl methyl sites for hydroxylation is 1. The minimum absolute atomic E-state index is 0.0577. The van der Waals surface area contributed by atoms with Crippen molar-refractivity contribution in [1.29, 1.82) is 0 Å². The van der Waals surface area contributed by atoms with E-state index in [0.29, 0.717) is 0 Å². The van der Waals surface area contributed by atoms with Gasteiger partial charge in [0.05, 0.1) is 23.3 Å². The molecule has 2 aromatic carbocycles. The largest absolute Gasteiger partial charge is 0.453 e. The van der Waals surface area contributed by atoms with Crippen molar-refractivity contribution in [3.8, 4) is 11.5 Å². The summed E-state index contributed by atoms with van der Waals surface area (Å²) >= 11 is 0. The van der Waals surface area contributed by atoms with Crippen molar-refractivity contribution in [2.24, 2.45) is 0 Å². The quantitative estimate of drug-likeness (QED) is 0.311. The summed E-state index contributed by atoms with van der Waals surface area (Å²) < 4.78 is 6.46. The Balaban J connectivity index is 0.00000132. The summed E-state index contributed by atoms with van der Waals surface area (Å²) in [5.74, 6) is 1.77. The molecule has 2 heterocycles. The van der Waals surface area contributed by atoms with Crippen molar-refractivity contribution < 1.29 is 4.74 Å². The van der Waals surface area contributed by atoms with E-state index in [2.05, 4.69) is 100.0 Å². The molecule has 3 aromatic rings. The van der Waals surface area contributed by atoms with Crippen LogP contribution in [0.1, 0.15) is 72.2 Å². The molecule has 0 atom stereocenters. The Morgan fingerprint density at radius 2 is 1.19 bits per heavy atom. The molecule has 0 saturated heterocycles. The summed E-state index contributed by atoms with van der Waals surface area (Å²) in [7, 11) is 0. The van der Waals surface area contributed by atoms with E-state index >= 15 is 0 Å². The van der Waals surface area contributed by atoms with Crippen molar-refractivity contribution in [2.45, 2.75) is 73.1 Å². The van der Waals surface area contributed by atoms with Gasteiger partial charge < -0.3 is 9.64 Å². The highest BCUT2D eigenvalue weighted by Gasteiger charge is 2.29. The number of anilines is 3.